The first-order chi connectivity index (χ1) is 13.7. The molecule has 2 heterocycles. The lowest BCUT2D eigenvalue weighted by Gasteiger charge is -2.30. The van der Waals surface area contributed by atoms with Crippen LogP contribution in [0.4, 0.5) is 11.4 Å². The van der Waals surface area contributed by atoms with Crippen molar-refractivity contribution in [1.82, 2.24) is 0 Å². The minimum absolute atomic E-state index is 0.0161. The number of nitrogens with one attached hydrogen (secondary N) is 1. The highest BCUT2D eigenvalue weighted by atomic mass is 16.5. The quantitative estimate of drug-likeness (QED) is 0.832. The molecule has 1 aromatic heterocycles. The number of benzene rings is 1. The van der Waals surface area contributed by atoms with E-state index in [2.05, 4.69) is 19.2 Å². The largest absolute Gasteiger partial charge is 0.479 e. The molecular formula is C22H26N2O5. The smallest absolute Gasteiger partial charge is 0.349 e. The summed E-state index contributed by atoms with van der Waals surface area (Å²) in [6.45, 7) is 7.60. The van der Waals surface area contributed by atoms with Crippen LogP contribution in [0.2, 0.25) is 0 Å². The molecule has 0 saturated heterocycles. The Bertz CT molecular complexity index is 1010. The molecule has 1 atom stereocenters. The first-order valence-electron chi connectivity index (χ1n) is 9.70. The molecule has 1 aliphatic heterocycles. The zero-order chi connectivity index (χ0) is 21.3. The summed E-state index contributed by atoms with van der Waals surface area (Å²) in [6.07, 6.45) is 0.951. The normalized spacial score (nSPS) is 15.9. The molecule has 1 aliphatic rings. The van der Waals surface area contributed by atoms with Gasteiger partial charge < -0.3 is 19.4 Å². The highest BCUT2D eigenvalue weighted by Crippen LogP contribution is 2.35. The van der Waals surface area contributed by atoms with Gasteiger partial charge in [0, 0.05) is 25.2 Å². The highest BCUT2D eigenvalue weighted by Gasteiger charge is 2.29. The van der Waals surface area contributed by atoms with Gasteiger partial charge in [0.1, 0.15) is 17.1 Å². The zero-order valence-corrected chi connectivity index (χ0v) is 17.4. The van der Waals surface area contributed by atoms with Crippen LogP contribution in [0.3, 0.4) is 0 Å². The third-order valence-electron chi connectivity index (χ3n) is 4.96. The number of fused-ring (bicyclic) bond motifs is 1. The van der Waals surface area contributed by atoms with E-state index < -0.39 is 17.6 Å². The summed E-state index contributed by atoms with van der Waals surface area (Å²) in [5.74, 6) is 0.888. The molecule has 0 fully saturated rings. The summed E-state index contributed by atoms with van der Waals surface area (Å²) >= 11 is 0. The van der Waals surface area contributed by atoms with Crippen LogP contribution in [-0.2, 0) is 11.2 Å². The van der Waals surface area contributed by atoms with Crippen molar-refractivity contribution in [2.45, 2.75) is 46.6 Å². The van der Waals surface area contributed by atoms with E-state index in [0.29, 0.717) is 40.8 Å². The van der Waals surface area contributed by atoms with E-state index in [1.165, 1.54) is 4.90 Å². The molecule has 1 aromatic carbocycles. The number of rotatable bonds is 5. The van der Waals surface area contributed by atoms with Gasteiger partial charge in [-0.1, -0.05) is 13.8 Å². The van der Waals surface area contributed by atoms with Crippen LogP contribution in [0.5, 0.6) is 5.75 Å². The van der Waals surface area contributed by atoms with Crippen molar-refractivity contribution in [3.63, 3.8) is 0 Å². The average Bonchev–Trinajstić information content (AvgIpc) is 2.64. The van der Waals surface area contributed by atoms with Crippen molar-refractivity contribution in [2.75, 3.05) is 17.3 Å². The first-order valence-corrected chi connectivity index (χ1v) is 9.70. The number of anilines is 2. The van der Waals surface area contributed by atoms with Gasteiger partial charge in [0.25, 0.3) is 11.8 Å². The predicted molar refractivity (Wildman–Crippen MR) is 111 cm³/mol. The lowest BCUT2D eigenvalue weighted by atomic mass is 10.0. The van der Waals surface area contributed by atoms with E-state index in [1.54, 1.807) is 45.2 Å². The van der Waals surface area contributed by atoms with Crippen LogP contribution >= 0.6 is 0 Å². The van der Waals surface area contributed by atoms with Crippen molar-refractivity contribution in [1.29, 1.82) is 0 Å². The Morgan fingerprint density at radius 2 is 1.97 bits per heavy atom. The van der Waals surface area contributed by atoms with Gasteiger partial charge in [0.2, 0.25) is 0 Å². The van der Waals surface area contributed by atoms with Crippen LogP contribution in [0.25, 0.3) is 0 Å². The second kappa shape index (κ2) is 8.11. The van der Waals surface area contributed by atoms with Gasteiger partial charge in [-0.3, -0.25) is 9.59 Å². The maximum absolute atomic E-state index is 12.7. The molecule has 1 unspecified atom stereocenters. The van der Waals surface area contributed by atoms with Crippen molar-refractivity contribution in [3.05, 3.63) is 51.6 Å². The van der Waals surface area contributed by atoms with Crippen molar-refractivity contribution < 1.29 is 18.7 Å². The van der Waals surface area contributed by atoms with Crippen molar-refractivity contribution >= 4 is 23.2 Å². The SMILES string of the molecule is Cc1cc(CCC(C)C)oc(=O)c1C(=O)Nc1ccc2c(c1)OC(C)C(=O)N2C. The Morgan fingerprint density at radius 1 is 1.24 bits per heavy atom. The monoisotopic (exact) mass is 398 g/mol. The summed E-state index contributed by atoms with van der Waals surface area (Å²) in [5.41, 5.74) is 1.00. The molecule has 29 heavy (non-hydrogen) atoms. The summed E-state index contributed by atoms with van der Waals surface area (Å²) in [4.78, 5) is 38.6. The van der Waals surface area contributed by atoms with Gasteiger partial charge in [-0.25, -0.2) is 4.79 Å². The Kier molecular flexibility index (Phi) is 5.77. The molecular weight excluding hydrogens is 372 g/mol. The molecule has 2 aromatic rings. The molecule has 7 heteroatoms. The maximum Gasteiger partial charge on any atom is 0.349 e. The molecule has 0 aliphatic carbocycles. The number of aryl methyl sites for hydroxylation is 2. The zero-order valence-electron chi connectivity index (χ0n) is 17.4. The number of carbonyl (C=O) groups excluding carboxylic acids is 2. The van der Waals surface area contributed by atoms with Crippen LogP contribution in [0.1, 0.15) is 48.9 Å². The number of hydrogen-bond donors (Lipinski definition) is 1. The van der Waals surface area contributed by atoms with Gasteiger partial charge >= 0.3 is 5.63 Å². The third-order valence-corrected chi connectivity index (χ3v) is 4.96. The average molecular weight is 398 g/mol. The Hall–Kier alpha value is -3.09. The standard InChI is InChI=1S/C22H26N2O5/c1-12(2)6-8-16-10-13(3)19(22(27)29-16)20(25)23-15-7-9-17-18(11-15)28-14(4)21(26)24(17)5/h7,9-12,14H,6,8H2,1-5H3,(H,23,25). The van der Waals surface area contributed by atoms with Crippen LogP contribution in [-0.4, -0.2) is 25.0 Å². The van der Waals surface area contributed by atoms with E-state index in [0.717, 1.165) is 6.42 Å². The van der Waals surface area contributed by atoms with Crippen LogP contribution in [0.15, 0.2) is 33.5 Å². The van der Waals surface area contributed by atoms with Gasteiger partial charge in [-0.2, -0.15) is 0 Å². The predicted octanol–water partition coefficient (Wildman–Crippen LogP) is 3.53. The highest BCUT2D eigenvalue weighted by molar-refractivity contribution is 6.05. The number of likely N-dealkylation sites (N-methyl/N-ethyl adjacent to an activating group) is 1. The first kappa shape index (κ1) is 20.6. The fraction of sp³-hybridized carbons (Fsp3) is 0.409. The third kappa shape index (κ3) is 4.34. The molecule has 0 saturated carbocycles. The number of nitrogens with zero attached hydrogens (tertiary/aromatic N) is 1. The maximum atomic E-state index is 12.7. The lowest BCUT2D eigenvalue weighted by Crippen LogP contribution is -2.41. The number of ether oxygens (including phenoxy) is 1. The van der Waals surface area contributed by atoms with E-state index in [4.69, 9.17) is 9.15 Å². The molecule has 0 spiro atoms. The number of amides is 2. The summed E-state index contributed by atoms with van der Waals surface area (Å²) in [5, 5.41) is 2.72. The molecule has 1 N–H and O–H groups in total. The minimum atomic E-state index is -0.644. The van der Waals surface area contributed by atoms with Crippen LogP contribution in [0, 0.1) is 12.8 Å². The van der Waals surface area contributed by atoms with E-state index >= 15 is 0 Å². The molecule has 154 valence electrons. The van der Waals surface area contributed by atoms with E-state index in [1.807, 2.05) is 0 Å². The summed E-state index contributed by atoms with van der Waals surface area (Å²) < 4.78 is 11.0. The van der Waals surface area contributed by atoms with Crippen molar-refractivity contribution in [2.24, 2.45) is 5.92 Å². The minimum Gasteiger partial charge on any atom is -0.479 e. The van der Waals surface area contributed by atoms with Gasteiger partial charge in [-0.15, -0.1) is 0 Å². The molecule has 0 radical (unpaired) electrons. The second-order valence-corrected chi connectivity index (χ2v) is 7.78. The van der Waals surface area contributed by atoms with Gasteiger partial charge in [-0.05, 0) is 49.9 Å². The topological polar surface area (TPSA) is 88.9 Å². The Balaban J connectivity index is 1.81. The van der Waals surface area contributed by atoms with E-state index in [9.17, 15) is 14.4 Å². The molecule has 2 amide bonds. The molecule has 3 rings (SSSR count). The molecule has 0 bridgehead atoms. The fourth-order valence-electron chi connectivity index (χ4n) is 3.29. The summed E-state index contributed by atoms with van der Waals surface area (Å²) in [7, 11) is 1.67. The lowest BCUT2D eigenvalue weighted by molar-refractivity contribution is -0.125. The Morgan fingerprint density at radius 3 is 2.62 bits per heavy atom. The van der Waals surface area contributed by atoms with Crippen LogP contribution < -0.4 is 20.6 Å². The fourth-order valence-corrected chi connectivity index (χ4v) is 3.29. The van der Waals surface area contributed by atoms with Gasteiger partial charge in [0.15, 0.2) is 6.10 Å². The second-order valence-electron chi connectivity index (χ2n) is 7.78. The van der Waals surface area contributed by atoms with E-state index in [-0.39, 0.29) is 11.5 Å². The molecule has 7 nitrogen and oxygen atoms in total. The Labute approximate surface area is 169 Å². The summed E-state index contributed by atoms with van der Waals surface area (Å²) in [6, 6.07) is 6.74. The van der Waals surface area contributed by atoms with Crippen molar-refractivity contribution in [3.8, 4) is 5.75 Å². The van der Waals surface area contributed by atoms with Gasteiger partial charge in [0.05, 0.1) is 5.69 Å². The number of carbonyl (C=O) groups is 2. The number of hydrogen-bond acceptors (Lipinski definition) is 5.